The molecule has 2 heterocycles. The molecule has 0 bridgehead atoms. The van der Waals surface area contributed by atoms with Crippen LogP contribution in [0.1, 0.15) is 29.0 Å². The summed E-state index contributed by atoms with van der Waals surface area (Å²) < 4.78 is 43.9. The zero-order chi connectivity index (χ0) is 19.2. The number of imide groups is 1. The van der Waals surface area contributed by atoms with E-state index in [1.807, 2.05) is 0 Å². The molecule has 140 valence electrons. The molecule has 0 saturated carbocycles. The maximum atomic E-state index is 12.8. The number of ether oxygens (including phenoxy) is 1. The maximum absolute atomic E-state index is 12.8. The lowest BCUT2D eigenvalue weighted by Crippen LogP contribution is -2.27. The van der Waals surface area contributed by atoms with Crippen molar-refractivity contribution >= 4 is 22.9 Å². The fourth-order valence-electron chi connectivity index (χ4n) is 3.40. The van der Waals surface area contributed by atoms with E-state index in [-0.39, 0.29) is 22.9 Å². The van der Waals surface area contributed by atoms with Crippen LogP contribution in [0.15, 0.2) is 36.5 Å². The van der Waals surface area contributed by atoms with Gasteiger partial charge in [0.2, 0.25) is 11.8 Å². The topological polar surface area (TPSA) is 68.3 Å². The number of thioether (sulfide) groups is 1. The lowest BCUT2D eigenvalue weighted by molar-refractivity contribution is -0.137. The molecule has 1 unspecified atom stereocenters. The fourth-order valence-corrected chi connectivity index (χ4v) is 4.41. The average Bonchev–Trinajstić information content (AvgIpc) is 3.16. The van der Waals surface area contributed by atoms with Crippen molar-refractivity contribution in [3.8, 4) is 11.6 Å². The summed E-state index contributed by atoms with van der Waals surface area (Å²) in [5.41, 5.74) is 1.08. The van der Waals surface area contributed by atoms with Crippen LogP contribution in [0.3, 0.4) is 0 Å². The summed E-state index contributed by atoms with van der Waals surface area (Å²) in [5.74, 6) is -0.120. The summed E-state index contributed by atoms with van der Waals surface area (Å²) in [5, 5.41) is 1.51. The van der Waals surface area contributed by atoms with Gasteiger partial charge in [0.1, 0.15) is 11.0 Å². The predicted octanol–water partition coefficient (Wildman–Crippen LogP) is 4.27. The Balaban J connectivity index is 1.55. The van der Waals surface area contributed by atoms with Crippen LogP contribution < -0.4 is 10.1 Å². The van der Waals surface area contributed by atoms with Gasteiger partial charge in [0.15, 0.2) is 0 Å². The molecule has 2 amide bonds. The second kappa shape index (κ2) is 6.56. The van der Waals surface area contributed by atoms with Gasteiger partial charge in [-0.3, -0.25) is 14.9 Å². The highest BCUT2D eigenvalue weighted by atomic mass is 32.2. The largest absolute Gasteiger partial charge is 0.439 e. The third kappa shape index (κ3) is 3.51. The van der Waals surface area contributed by atoms with Crippen LogP contribution in [0.25, 0.3) is 0 Å². The van der Waals surface area contributed by atoms with Crippen molar-refractivity contribution in [3.05, 3.63) is 53.2 Å². The molecule has 2 aliphatic rings. The van der Waals surface area contributed by atoms with Gasteiger partial charge in [0.05, 0.1) is 5.56 Å². The molecule has 5 nitrogen and oxygen atoms in total. The molecule has 1 aromatic carbocycles. The van der Waals surface area contributed by atoms with E-state index >= 15 is 0 Å². The Morgan fingerprint density at radius 1 is 1.19 bits per heavy atom. The van der Waals surface area contributed by atoms with E-state index in [4.69, 9.17) is 4.74 Å². The van der Waals surface area contributed by atoms with Crippen molar-refractivity contribution in [2.24, 2.45) is 0 Å². The second-order valence-electron chi connectivity index (χ2n) is 6.30. The first kappa shape index (κ1) is 17.8. The van der Waals surface area contributed by atoms with Crippen LogP contribution in [-0.2, 0) is 17.4 Å². The van der Waals surface area contributed by atoms with Crippen molar-refractivity contribution in [1.82, 2.24) is 10.3 Å². The van der Waals surface area contributed by atoms with Crippen LogP contribution in [0.4, 0.5) is 18.0 Å². The number of nitrogens with zero attached hydrogens (tertiary/aromatic N) is 1. The third-order valence-corrected chi connectivity index (χ3v) is 5.72. The average molecular weight is 394 g/mol. The number of aryl methyl sites for hydroxylation is 1. The second-order valence-corrected chi connectivity index (χ2v) is 7.42. The molecule has 1 aromatic heterocycles. The minimum atomic E-state index is -4.47. The summed E-state index contributed by atoms with van der Waals surface area (Å²) in [4.78, 5) is 27.2. The van der Waals surface area contributed by atoms with E-state index in [1.165, 1.54) is 0 Å². The number of aromatic nitrogens is 1. The molecule has 2 atom stereocenters. The first-order chi connectivity index (χ1) is 12.8. The van der Waals surface area contributed by atoms with E-state index in [1.54, 1.807) is 18.2 Å². The SMILES string of the molecule is O=C1NC(=O)C([C@@H]2CCc3cc(Oc4cc(C(F)(F)F)ccn4)ccc32)S1. The van der Waals surface area contributed by atoms with Crippen molar-refractivity contribution in [2.75, 3.05) is 0 Å². The Kier molecular flexibility index (Phi) is 4.33. The van der Waals surface area contributed by atoms with Crippen LogP contribution in [-0.4, -0.2) is 21.4 Å². The number of fused-ring (bicyclic) bond motifs is 1. The Morgan fingerprint density at radius 2 is 2.00 bits per heavy atom. The lowest BCUT2D eigenvalue weighted by Gasteiger charge is -2.16. The summed E-state index contributed by atoms with van der Waals surface area (Å²) in [6, 6.07) is 6.91. The van der Waals surface area contributed by atoms with E-state index in [0.717, 1.165) is 47.6 Å². The van der Waals surface area contributed by atoms with Gasteiger partial charge in [-0.1, -0.05) is 17.8 Å². The van der Waals surface area contributed by atoms with Gasteiger partial charge in [-0.05, 0) is 42.2 Å². The fraction of sp³-hybridized carbons (Fsp3) is 0.278. The standard InChI is InChI=1S/C18H13F3N2O3S/c19-18(20,21)10-5-6-22-14(8-10)26-11-2-4-12-9(7-11)1-3-13(12)15-16(24)23-17(25)27-15/h2,4-8,13,15H,1,3H2,(H,23,24,25)/t13-,15?/m1/s1. The van der Waals surface area contributed by atoms with Crippen LogP contribution in [0.2, 0.25) is 0 Å². The quantitative estimate of drug-likeness (QED) is 0.842. The maximum Gasteiger partial charge on any atom is 0.416 e. The third-order valence-electron chi connectivity index (χ3n) is 4.61. The molecule has 0 spiro atoms. The number of benzene rings is 1. The number of alkyl halides is 3. The van der Waals surface area contributed by atoms with Gasteiger partial charge in [0.25, 0.3) is 5.24 Å². The number of halogens is 3. The van der Waals surface area contributed by atoms with E-state index < -0.39 is 17.0 Å². The molecule has 1 aliphatic carbocycles. The van der Waals surface area contributed by atoms with Crippen LogP contribution in [0.5, 0.6) is 11.6 Å². The Bertz CT molecular complexity index is 932. The van der Waals surface area contributed by atoms with Gasteiger partial charge in [-0.25, -0.2) is 4.98 Å². The summed E-state index contributed by atoms with van der Waals surface area (Å²) in [6.07, 6.45) is -2.00. The van der Waals surface area contributed by atoms with E-state index in [2.05, 4.69) is 10.3 Å². The van der Waals surface area contributed by atoms with Gasteiger partial charge in [-0.15, -0.1) is 0 Å². The highest BCUT2D eigenvalue weighted by molar-refractivity contribution is 8.15. The zero-order valence-electron chi connectivity index (χ0n) is 13.7. The van der Waals surface area contributed by atoms with Gasteiger partial charge >= 0.3 is 6.18 Å². The van der Waals surface area contributed by atoms with Crippen molar-refractivity contribution < 1.29 is 27.5 Å². The predicted molar refractivity (Wildman–Crippen MR) is 91.7 cm³/mol. The number of hydrogen-bond acceptors (Lipinski definition) is 5. The van der Waals surface area contributed by atoms with Gasteiger partial charge in [0, 0.05) is 18.2 Å². The smallest absolute Gasteiger partial charge is 0.416 e. The molecule has 9 heteroatoms. The first-order valence-electron chi connectivity index (χ1n) is 8.16. The molecule has 1 aliphatic heterocycles. The van der Waals surface area contributed by atoms with Crippen molar-refractivity contribution in [2.45, 2.75) is 30.2 Å². The molecule has 4 rings (SSSR count). The Hall–Kier alpha value is -2.55. The van der Waals surface area contributed by atoms with E-state index in [0.29, 0.717) is 12.2 Å². The summed E-state index contributed by atoms with van der Waals surface area (Å²) in [7, 11) is 0. The molecule has 2 aromatic rings. The number of carbonyl (C=O) groups is 2. The molecule has 0 radical (unpaired) electrons. The number of carbonyl (C=O) groups excluding carboxylic acids is 2. The van der Waals surface area contributed by atoms with Crippen molar-refractivity contribution in [1.29, 1.82) is 0 Å². The summed E-state index contributed by atoms with van der Waals surface area (Å²) >= 11 is 0.998. The molecule has 1 N–H and O–H groups in total. The normalized spacial score (nSPS) is 21.9. The van der Waals surface area contributed by atoms with Gasteiger partial charge < -0.3 is 4.74 Å². The van der Waals surface area contributed by atoms with Crippen LogP contribution in [0, 0.1) is 0 Å². The molecule has 27 heavy (non-hydrogen) atoms. The number of rotatable bonds is 3. The van der Waals surface area contributed by atoms with Gasteiger partial charge in [-0.2, -0.15) is 13.2 Å². The number of hydrogen-bond donors (Lipinski definition) is 1. The first-order valence-corrected chi connectivity index (χ1v) is 9.04. The number of amides is 2. The molecular weight excluding hydrogens is 381 g/mol. The zero-order valence-corrected chi connectivity index (χ0v) is 14.6. The Morgan fingerprint density at radius 3 is 2.70 bits per heavy atom. The minimum absolute atomic E-state index is 0.0721. The highest BCUT2D eigenvalue weighted by Crippen LogP contribution is 2.43. The highest BCUT2D eigenvalue weighted by Gasteiger charge is 2.41. The Labute approximate surface area is 156 Å². The monoisotopic (exact) mass is 394 g/mol. The minimum Gasteiger partial charge on any atom is -0.439 e. The molecule has 1 fully saturated rings. The number of nitrogens with one attached hydrogen (secondary N) is 1. The molecule has 1 saturated heterocycles. The van der Waals surface area contributed by atoms with Crippen LogP contribution >= 0.6 is 11.8 Å². The van der Waals surface area contributed by atoms with E-state index in [9.17, 15) is 22.8 Å². The lowest BCUT2D eigenvalue weighted by atomic mass is 9.97. The molecular formula is C18H13F3N2O3S. The number of pyridine rings is 1. The van der Waals surface area contributed by atoms with Crippen molar-refractivity contribution in [3.63, 3.8) is 0 Å². The summed E-state index contributed by atoms with van der Waals surface area (Å²) in [6.45, 7) is 0.